The molecule has 0 bridgehead atoms. The first-order valence-electron chi connectivity index (χ1n) is 8.27. The first-order valence-corrected chi connectivity index (χ1v) is 9.56. The number of hydrogen-bond donors (Lipinski definition) is 1. The van der Waals surface area contributed by atoms with E-state index in [4.69, 9.17) is 12.2 Å². The van der Waals surface area contributed by atoms with Crippen LogP contribution < -0.4 is 5.32 Å². The molecule has 25 heavy (non-hydrogen) atoms. The molecule has 1 aromatic carbocycles. The minimum atomic E-state index is 0.343. The summed E-state index contributed by atoms with van der Waals surface area (Å²) in [4.78, 5) is 17.6. The third-order valence-electron chi connectivity index (χ3n) is 4.18. The van der Waals surface area contributed by atoms with E-state index in [9.17, 15) is 4.79 Å². The molecule has 4 nitrogen and oxygen atoms in total. The standard InChI is InChI=1S/C19H21N3OS2/c23-15-19(24)18(13-20-16-5-2-1-3-6-16)22-10-8-21(9-11-22)14-17-7-4-12-25-17/h1-7,12-13,15,20H,8-11,14H2. The zero-order valence-corrected chi connectivity index (χ0v) is 15.6. The molecule has 0 aliphatic carbocycles. The van der Waals surface area contributed by atoms with Crippen molar-refractivity contribution in [2.24, 2.45) is 0 Å². The maximum atomic E-state index is 11.2. The summed E-state index contributed by atoms with van der Waals surface area (Å²) in [5.41, 5.74) is 1.77. The number of thiocarbonyl (C=S) groups is 1. The van der Waals surface area contributed by atoms with E-state index >= 15 is 0 Å². The fourth-order valence-corrected chi connectivity index (χ4v) is 3.77. The van der Waals surface area contributed by atoms with Gasteiger partial charge in [0.1, 0.15) is 4.86 Å². The molecule has 130 valence electrons. The molecular weight excluding hydrogens is 350 g/mol. The number of allylic oxidation sites excluding steroid dienone is 1. The second-order valence-corrected chi connectivity index (χ2v) is 7.34. The second kappa shape index (κ2) is 8.89. The van der Waals surface area contributed by atoms with Crippen molar-refractivity contribution in [1.82, 2.24) is 9.80 Å². The maximum absolute atomic E-state index is 11.2. The van der Waals surface area contributed by atoms with Crippen molar-refractivity contribution in [3.63, 3.8) is 0 Å². The Morgan fingerprint density at radius 3 is 2.52 bits per heavy atom. The van der Waals surface area contributed by atoms with Gasteiger partial charge in [0.05, 0.1) is 5.70 Å². The minimum Gasteiger partial charge on any atom is -0.367 e. The van der Waals surface area contributed by atoms with Gasteiger partial charge < -0.3 is 10.2 Å². The molecule has 0 unspecified atom stereocenters. The van der Waals surface area contributed by atoms with Gasteiger partial charge in [0, 0.05) is 49.5 Å². The van der Waals surface area contributed by atoms with Gasteiger partial charge in [0.25, 0.3) is 0 Å². The van der Waals surface area contributed by atoms with Gasteiger partial charge in [-0.25, -0.2) is 0 Å². The lowest BCUT2D eigenvalue weighted by molar-refractivity contribution is -0.102. The number of piperazine rings is 1. The predicted molar refractivity (Wildman–Crippen MR) is 108 cm³/mol. The maximum Gasteiger partial charge on any atom is 0.163 e. The van der Waals surface area contributed by atoms with Crippen LogP contribution in [-0.2, 0) is 11.3 Å². The van der Waals surface area contributed by atoms with Crippen molar-refractivity contribution in [3.8, 4) is 0 Å². The van der Waals surface area contributed by atoms with Gasteiger partial charge in [-0.3, -0.25) is 9.69 Å². The first kappa shape index (κ1) is 17.8. The highest BCUT2D eigenvalue weighted by Crippen LogP contribution is 2.17. The van der Waals surface area contributed by atoms with Crippen molar-refractivity contribution in [3.05, 3.63) is 64.6 Å². The summed E-state index contributed by atoms with van der Waals surface area (Å²) in [5.74, 6) is 0. The average molecular weight is 372 g/mol. The third kappa shape index (κ3) is 4.98. The van der Waals surface area contributed by atoms with Gasteiger partial charge in [0.15, 0.2) is 6.29 Å². The number of rotatable bonds is 7. The number of carbonyl (C=O) groups excluding carboxylic acids is 1. The summed E-state index contributed by atoms with van der Waals surface area (Å²) in [5, 5.41) is 5.36. The molecule has 2 heterocycles. The lowest BCUT2D eigenvalue weighted by Crippen LogP contribution is -2.46. The molecule has 1 aliphatic rings. The summed E-state index contributed by atoms with van der Waals surface area (Å²) in [6.07, 6.45) is 2.60. The summed E-state index contributed by atoms with van der Waals surface area (Å²) in [6.45, 7) is 4.64. The van der Waals surface area contributed by atoms with E-state index in [2.05, 4.69) is 32.6 Å². The van der Waals surface area contributed by atoms with Crippen LogP contribution in [0.25, 0.3) is 0 Å². The van der Waals surface area contributed by atoms with Crippen LogP contribution >= 0.6 is 23.6 Å². The highest BCUT2D eigenvalue weighted by Gasteiger charge is 2.21. The quantitative estimate of drug-likeness (QED) is 0.459. The fourth-order valence-electron chi connectivity index (χ4n) is 2.83. The molecule has 1 saturated heterocycles. The number of nitrogens with one attached hydrogen (secondary N) is 1. The molecule has 2 aromatic rings. The zero-order valence-electron chi connectivity index (χ0n) is 13.9. The van der Waals surface area contributed by atoms with Crippen molar-refractivity contribution in [2.45, 2.75) is 6.54 Å². The van der Waals surface area contributed by atoms with Gasteiger partial charge in [-0.15, -0.1) is 11.3 Å². The topological polar surface area (TPSA) is 35.6 Å². The van der Waals surface area contributed by atoms with Gasteiger partial charge >= 0.3 is 0 Å². The molecule has 0 amide bonds. The zero-order chi connectivity index (χ0) is 17.5. The van der Waals surface area contributed by atoms with Crippen LogP contribution in [0.5, 0.6) is 0 Å². The van der Waals surface area contributed by atoms with Crippen LogP contribution in [0.4, 0.5) is 5.69 Å². The summed E-state index contributed by atoms with van der Waals surface area (Å²) in [6, 6.07) is 14.1. The lowest BCUT2D eigenvalue weighted by Gasteiger charge is -2.36. The van der Waals surface area contributed by atoms with E-state index in [1.807, 2.05) is 36.5 Å². The van der Waals surface area contributed by atoms with Crippen LogP contribution in [0.2, 0.25) is 0 Å². The number of anilines is 1. The van der Waals surface area contributed by atoms with Crippen LogP contribution in [0.15, 0.2) is 59.7 Å². The molecular formula is C19H21N3OS2. The van der Waals surface area contributed by atoms with E-state index in [0.717, 1.165) is 50.4 Å². The summed E-state index contributed by atoms with van der Waals surface area (Å²) >= 11 is 7.06. The first-order chi connectivity index (χ1) is 12.3. The Balaban J connectivity index is 1.62. The molecule has 1 N–H and O–H groups in total. The highest BCUT2D eigenvalue weighted by molar-refractivity contribution is 7.82. The Hall–Kier alpha value is -2.02. The van der Waals surface area contributed by atoms with Crippen molar-refractivity contribution < 1.29 is 4.79 Å². The van der Waals surface area contributed by atoms with E-state index < -0.39 is 0 Å². The van der Waals surface area contributed by atoms with Crippen molar-refractivity contribution in [2.75, 3.05) is 31.5 Å². The lowest BCUT2D eigenvalue weighted by atomic mass is 10.2. The molecule has 0 radical (unpaired) electrons. The number of para-hydroxylation sites is 1. The molecule has 0 saturated carbocycles. The average Bonchev–Trinajstić information content (AvgIpc) is 3.17. The van der Waals surface area contributed by atoms with E-state index in [1.165, 1.54) is 4.88 Å². The van der Waals surface area contributed by atoms with Crippen molar-refractivity contribution >= 4 is 40.4 Å². The molecule has 0 atom stereocenters. The number of benzene rings is 1. The van der Waals surface area contributed by atoms with Gasteiger partial charge in [-0.1, -0.05) is 36.5 Å². The van der Waals surface area contributed by atoms with Crippen LogP contribution in [0, 0.1) is 0 Å². The SMILES string of the molecule is O=CC(=S)C(=CNc1ccccc1)N1CCN(Cc2cccs2)CC1. The van der Waals surface area contributed by atoms with Gasteiger partial charge in [0.2, 0.25) is 0 Å². The van der Waals surface area contributed by atoms with E-state index in [0.29, 0.717) is 4.86 Å². The largest absolute Gasteiger partial charge is 0.367 e. The normalized spacial score (nSPS) is 15.8. The molecule has 0 spiro atoms. The minimum absolute atomic E-state index is 0.343. The third-order valence-corrected chi connectivity index (χ3v) is 5.35. The number of thiophene rings is 1. The molecule has 1 fully saturated rings. The number of nitrogens with zero attached hydrogens (tertiary/aromatic N) is 2. The Bertz CT molecular complexity index is 720. The van der Waals surface area contributed by atoms with E-state index in [-0.39, 0.29) is 0 Å². The fraction of sp³-hybridized carbons (Fsp3) is 0.263. The predicted octanol–water partition coefficient (Wildman–Crippen LogP) is 3.39. The number of hydrogen-bond acceptors (Lipinski definition) is 6. The smallest absolute Gasteiger partial charge is 0.163 e. The van der Waals surface area contributed by atoms with Crippen LogP contribution in [0.3, 0.4) is 0 Å². The molecule has 1 aliphatic heterocycles. The van der Waals surface area contributed by atoms with E-state index in [1.54, 1.807) is 11.3 Å². The Morgan fingerprint density at radius 2 is 1.88 bits per heavy atom. The number of carbonyl (C=O) groups is 1. The van der Waals surface area contributed by atoms with Crippen LogP contribution in [-0.4, -0.2) is 47.1 Å². The molecule has 1 aromatic heterocycles. The van der Waals surface area contributed by atoms with Crippen LogP contribution in [0.1, 0.15) is 4.88 Å². The monoisotopic (exact) mass is 371 g/mol. The van der Waals surface area contributed by atoms with Gasteiger partial charge in [-0.05, 0) is 23.6 Å². The Kier molecular flexibility index (Phi) is 6.33. The van der Waals surface area contributed by atoms with Crippen molar-refractivity contribution in [1.29, 1.82) is 0 Å². The molecule has 6 heteroatoms. The molecule has 3 rings (SSSR count). The van der Waals surface area contributed by atoms with Gasteiger partial charge in [-0.2, -0.15) is 0 Å². The highest BCUT2D eigenvalue weighted by atomic mass is 32.1. The summed E-state index contributed by atoms with van der Waals surface area (Å²) < 4.78 is 0. The second-order valence-electron chi connectivity index (χ2n) is 5.86. The summed E-state index contributed by atoms with van der Waals surface area (Å²) in [7, 11) is 0. The Labute approximate surface area is 157 Å². The Morgan fingerprint density at radius 1 is 1.12 bits per heavy atom. The number of aldehydes is 1.